The van der Waals surface area contributed by atoms with Crippen molar-refractivity contribution in [3.63, 3.8) is 0 Å². The van der Waals surface area contributed by atoms with Gasteiger partial charge in [-0.15, -0.1) is 0 Å². The van der Waals surface area contributed by atoms with Gasteiger partial charge >= 0.3 is 5.97 Å². The highest BCUT2D eigenvalue weighted by Crippen LogP contribution is 2.24. The van der Waals surface area contributed by atoms with E-state index in [0.717, 1.165) is 32.7 Å². The molecule has 132 valence electrons. The summed E-state index contributed by atoms with van der Waals surface area (Å²) in [5, 5.41) is 14.3. The fraction of sp³-hybridized carbons (Fsp3) is 0.562. The predicted octanol–water partition coefficient (Wildman–Crippen LogP) is 1.43. The molecule has 1 aromatic rings. The zero-order valence-electron chi connectivity index (χ0n) is 14.3. The van der Waals surface area contributed by atoms with Crippen molar-refractivity contribution in [2.45, 2.75) is 13.0 Å². The van der Waals surface area contributed by atoms with Crippen molar-refractivity contribution in [1.29, 1.82) is 0 Å². The lowest BCUT2D eigenvalue weighted by Gasteiger charge is -2.34. The molecule has 24 heavy (non-hydrogen) atoms. The van der Waals surface area contributed by atoms with Gasteiger partial charge in [-0.25, -0.2) is 4.79 Å². The van der Waals surface area contributed by atoms with Crippen LogP contribution in [0.2, 0.25) is 0 Å². The second-order valence-electron chi connectivity index (χ2n) is 6.13. The first-order valence-electron chi connectivity index (χ1n) is 7.95. The van der Waals surface area contributed by atoms with Gasteiger partial charge < -0.3 is 15.0 Å². The minimum Gasteiger partial charge on any atom is -0.465 e. The number of nitro groups is 1. The normalized spacial score (nSPS) is 17.3. The van der Waals surface area contributed by atoms with Crippen molar-refractivity contribution in [2.75, 3.05) is 52.2 Å². The van der Waals surface area contributed by atoms with Crippen molar-refractivity contribution in [1.82, 2.24) is 9.80 Å². The highest BCUT2D eigenvalue weighted by molar-refractivity contribution is 5.95. The average molecular weight is 336 g/mol. The van der Waals surface area contributed by atoms with E-state index in [1.165, 1.54) is 19.2 Å². The van der Waals surface area contributed by atoms with Crippen LogP contribution in [0.5, 0.6) is 0 Å². The summed E-state index contributed by atoms with van der Waals surface area (Å²) in [6.45, 7) is 7.08. The topological polar surface area (TPSA) is 88.0 Å². The van der Waals surface area contributed by atoms with Crippen LogP contribution in [0.15, 0.2) is 18.2 Å². The zero-order chi connectivity index (χ0) is 17.7. The molecule has 2 rings (SSSR count). The smallest absolute Gasteiger partial charge is 0.344 e. The lowest BCUT2D eigenvalue weighted by atomic mass is 10.1. The second-order valence-corrected chi connectivity index (χ2v) is 6.13. The number of hydrogen-bond donors (Lipinski definition) is 1. The van der Waals surface area contributed by atoms with E-state index in [1.807, 2.05) is 0 Å². The number of benzene rings is 1. The molecule has 0 bridgehead atoms. The van der Waals surface area contributed by atoms with Crippen LogP contribution in [0.3, 0.4) is 0 Å². The van der Waals surface area contributed by atoms with E-state index < -0.39 is 10.9 Å². The Hall–Kier alpha value is -2.19. The van der Waals surface area contributed by atoms with Gasteiger partial charge in [0.25, 0.3) is 5.69 Å². The molecular weight excluding hydrogens is 312 g/mol. The second kappa shape index (κ2) is 8.07. The number of likely N-dealkylation sites (N-methyl/N-ethyl adjacent to an activating group) is 1. The molecule has 1 unspecified atom stereocenters. The number of esters is 1. The molecule has 0 saturated carbocycles. The number of nitro benzene ring substituents is 1. The maximum absolute atomic E-state index is 11.8. The summed E-state index contributed by atoms with van der Waals surface area (Å²) in [5.74, 6) is -0.711. The third-order valence-electron chi connectivity index (χ3n) is 4.14. The van der Waals surface area contributed by atoms with E-state index in [4.69, 9.17) is 0 Å². The summed E-state index contributed by atoms with van der Waals surface area (Å²) in [4.78, 5) is 26.9. The van der Waals surface area contributed by atoms with Gasteiger partial charge in [-0.1, -0.05) is 0 Å². The number of methoxy groups -OCH3 is 1. The summed E-state index contributed by atoms with van der Waals surface area (Å²) in [5.41, 5.74) is 0.376. The van der Waals surface area contributed by atoms with E-state index in [0.29, 0.717) is 5.69 Å². The Balaban J connectivity index is 2.03. The highest BCUT2D eigenvalue weighted by Gasteiger charge is 2.22. The number of rotatable bonds is 6. The van der Waals surface area contributed by atoms with Crippen molar-refractivity contribution in [3.05, 3.63) is 33.9 Å². The third kappa shape index (κ3) is 4.65. The number of nitrogens with zero attached hydrogens (tertiary/aromatic N) is 3. The van der Waals surface area contributed by atoms with Crippen molar-refractivity contribution in [2.24, 2.45) is 0 Å². The molecule has 0 amide bonds. The maximum Gasteiger partial charge on any atom is 0.344 e. The minimum absolute atomic E-state index is 0.0423. The number of hydrogen-bond acceptors (Lipinski definition) is 7. The molecule has 1 aromatic carbocycles. The Kier molecular flexibility index (Phi) is 6.10. The number of anilines is 1. The van der Waals surface area contributed by atoms with Crippen molar-refractivity contribution in [3.8, 4) is 0 Å². The van der Waals surface area contributed by atoms with Gasteiger partial charge in [0.15, 0.2) is 0 Å². The molecule has 1 saturated heterocycles. The van der Waals surface area contributed by atoms with Gasteiger partial charge in [-0.2, -0.15) is 0 Å². The number of carbonyl (C=O) groups excluding carboxylic acids is 1. The molecule has 1 aliphatic heterocycles. The van der Waals surface area contributed by atoms with Gasteiger partial charge in [0.2, 0.25) is 0 Å². The Morgan fingerprint density at radius 3 is 2.62 bits per heavy atom. The monoisotopic (exact) mass is 336 g/mol. The van der Waals surface area contributed by atoms with E-state index in [1.54, 1.807) is 6.07 Å². The predicted molar refractivity (Wildman–Crippen MR) is 91.5 cm³/mol. The van der Waals surface area contributed by atoms with Gasteiger partial charge in [0.05, 0.1) is 12.0 Å². The van der Waals surface area contributed by atoms with Gasteiger partial charge in [-0.3, -0.25) is 15.0 Å². The van der Waals surface area contributed by atoms with E-state index in [9.17, 15) is 14.9 Å². The minimum atomic E-state index is -0.711. The standard InChI is InChI=1S/C16H24N4O4/c1-12(11-19-8-6-18(2)7-9-19)17-13-4-5-15(20(22)23)14(10-13)16(21)24-3/h4-5,10,12,17H,6-9,11H2,1-3H3. The third-order valence-corrected chi connectivity index (χ3v) is 4.14. The molecule has 0 spiro atoms. The average Bonchev–Trinajstić information content (AvgIpc) is 2.55. The fourth-order valence-electron chi connectivity index (χ4n) is 2.81. The SMILES string of the molecule is COC(=O)c1cc(NC(C)CN2CCN(C)CC2)ccc1[N+](=O)[O-]. The summed E-state index contributed by atoms with van der Waals surface area (Å²) >= 11 is 0. The Morgan fingerprint density at radius 1 is 1.38 bits per heavy atom. The number of ether oxygens (including phenoxy) is 1. The summed E-state index contributed by atoms with van der Waals surface area (Å²) in [6, 6.07) is 4.58. The van der Waals surface area contributed by atoms with Crippen LogP contribution in [-0.2, 0) is 4.74 Å². The zero-order valence-corrected chi connectivity index (χ0v) is 14.3. The maximum atomic E-state index is 11.8. The highest BCUT2D eigenvalue weighted by atomic mass is 16.6. The summed E-state index contributed by atoms with van der Waals surface area (Å²) in [7, 11) is 3.33. The van der Waals surface area contributed by atoms with Crippen LogP contribution in [0, 0.1) is 10.1 Å². The molecule has 0 aromatic heterocycles. The van der Waals surface area contributed by atoms with Crippen molar-refractivity contribution < 1.29 is 14.5 Å². The van der Waals surface area contributed by atoms with Crippen LogP contribution in [0.1, 0.15) is 17.3 Å². The largest absolute Gasteiger partial charge is 0.465 e. The molecule has 1 heterocycles. The molecule has 0 radical (unpaired) electrons. The molecule has 1 atom stereocenters. The Bertz CT molecular complexity index is 600. The lowest BCUT2D eigenvalue weighted by Crippen LogP contribution is -2.47. The number of carbonyl (C=O) groups is 1. The lowest BCUT2D eigenvalue weighted by molar-refractivity contribution is -0.385. The Labute approximate surface area is 141 Å². The molecule has 1 N–H and O–H groups in total. The first kappa shape index (κ1) is 18.2. The Morgan fingerprint density at radius 2 is 2.04 bits per heavy atom. The van der Waals surface area contributed by atoms with Crippen LogP contribution in [0.25, 0.3) is 0 Å². The first-order valence-corrected chi connectivity index (χ1v) is 7.95. The van der Waals surface area contributed by atoms with Crippen LogP contribution < -0.4 is 5.32 Å². The van der Waals surface area contributed by atoms with Gasteiger partial charge in [0.1, 0.15) is 5.56 Å². The van der Waals surface area contributed by atoms with Gasteiger partial charge in [0, 0.05) is 50.5 Å². The van der Waals surface area contributed by atoms with Crippen LogP contribution in [-0.4, -0.2) is 73.6 Å². The van der Waals surface area contributed by atoms with Gasteiger partial charge in [-0.05, 0) is 26.1 Å². The van der Waals surface area contributed by atoms with Crippen LogP contribution >= 0.6 is 0 Å². The van der Waals surface area contributed by atoms with Crippen molar-refractivity contribution >= 4 is 17.3 Å². The number of nitrogens with one attached hydrogen (secondary N) is 1. The molecule has 8 heteroatoms. The van der Waals surface area contributed by atoms with E-state index >= 15 is 0 Å². The number of piperazine rings is 1. The first-order chi connectivity index (χ1) is 11.4. The fourth-order valence-corrected chi connectivity index (χ4v) is 2.81. The molecule has 0 aliphatic carbocycles. The molecule has 1 aliphatic rings. The van der Waals surface area contributed by atoms with Crippen LogP contribution in [0.4, 0.5) is 11.4 Å². The molecule has 1 fully saturated rings. The quantitative estimate of drug-likeness (QED) is 0.477. The van der Waals surface area contributed by atoms with E-state index in [2.05, 4.69) is 33.8 Å². The molecular formula is C16H24N4O4. The summed E-state index contributed by atoms with van der Waals surface area (Å²) < 4.78 is 4.63. The van der Waals surface area contributed by atoms with E-state index in [-0.39, 0.29) is 17.3 Å². The molecule has 8 nitrogen and oxygen atoms in total. The summed E-state index contributed by atoms with van der Waals surface area (Å²) in [6.07, 6.45) is 0.